The maximum atomic E-state index is 9.77. The molecular formula is C14H29O3SSi. The van der Waals surface area contributed by atoms with Gasteiger partial charge in [0.2, 0.25) is 0 Å². The molecule has 2 atom stereocenters. The molecule has 0 amide bonds. The Labute approximate surface area is 125 Å². The van der Waals surface area contributed by atoms with Gasteiger partial charge in [-0.3, -0.25) is 0 Å². The van der Waals surface area contributed by atoms with Crippen molar-refractivity contribution in [2.24, 2.45) is 0 Å². The molecule has 2 unspecified atom stereocenters. The highest BCUT2D eigenvalue weighted by atomic mass is 32.1. The molecular weight excluding hydrogens is 276 g/mol. The van der Waals surface area contributed by atoms with E-state index in [0.29, 0.717) is 0 Å². The van der Waals surface area contributed by atoms with Crippen LogP contribution in [0.25, 0.3) is 0 Å². The molecule has 0 aliphatic carbocycles. The lowest BCUT2D eigenvalue weighted by Crippen LogP contribution is -2.31. The predicted octanol–water partition coefficient (Wildman–Crippen LogP) is 2.60. The number of thiol groups is 1. The Bertz CT molecular complexity index is 233. The van der Waals surface area contributed by atoms with Crippen LogP contribution in [0.5, 0.6) is 0 Å². The molecule has 5 heteroatoms. The van der Waals surface area contributed by atoms with Gasteiger partial charge < -0.3 is 14.9 Å². The van der Waals surface area contributed by atoms with Gasteiger partial charge in [-0.05, 0) is 6.42 Å². The number of aliphatic hydroxyl groups excluding tert-OH is 2. The van der Waals surface area contributed by atoms with Gasteiger partial charge in [-0.1, -0.05) is 51.9 Å². The topological polar surface area (TPSA) is 49.7 Å². The van der Waals surface area contributed by atoms with Gasteiger partial charge >= 0.3 is 0 Å². The molecule has 0 aliphatic heterocycles. The van der Waals surface area contributed by atoms with E-state index in [1.165, 1.54) is 45.6 Å². The smallest absolute Gasteiger partial charge is 0.131 e. The fourth-order valence-corrected chi connectivity index (χ4v) is 3.57. The monoisotopic (exact) mass is 305 g/mol. The molecule has 0 saturated carbocycles. The van der Waals surface area contributed by atoms with Crippen molar-refractivity contribution in [3.05, 3.63) is 0 Å². The first-order valence-electron chi connectivity index (χ1n) is 7.29. The van der Waals surface area contributed by atoms with E-state index >= 15 is 0 Å². The summed E-state index contributed by atoms with van der Waals surface area (Å²) in [6.07, 6.45) is 9.50. The van der Waals surface area contributed by atoms with Gasteiger partial charge in [0, 0.05) is 12.0 Å². The van der Waals surface area contributed by atoms with Crippen molar-refractivity contribution >= 4 is 27.1 Å². The van der Waals surface area contributed by atoms with Crippen LogP contribution in [0.2, 0.25) is 0 Å². The van der Waals surface area contributed by atoms with Gasteiger partial charge in [0.1, 0.15) is 6.10 Å². The minimum atomic E-state index is -0.554. The quantitative estimate of drug-likeness (QED) is 0.295. The molecule has 0 bridgehead atoms. The molecule has 0 aromatic rings. The minimum absolute atomic E-state index is 0.173. The van der Waals surface area contributed by atoms with Crippen LogP contribution >= 0.6 is 12.6 Å². The highest BCUT2D eigenvalue weighted by molar-refractivity contribution is 7.82. The second-order valence-corrected chi connectivity index (χ2v) is 7.47. The van der Waals surface area contributed by atoms with E-state index in [1.54, 1.807) is 0 Å². The zero-order chi connectivity index (χ0) is 14.5. The summed E-state index contributed by atoms with van der Waals surface area (Å²) in [5.41, 5.74) is 0. The molecule has 0 aromatic heterocycles. The summed E-state index contributed by atoms with van der Waals surface area (Å²) < 4.78 is 4.98. The summed E-state index contributed by atoms with van der Waals surface area (Å²) >= 11 is 4.49. The third-order valence-corrected chi connectivity index (χ3v) is 5.04. The third-order valence-electron chi connectivity index (χ3n) is 3.15. The van der Waals surface area contributed by atoms with Gasteiger partial charge in [-0.15, -0.1) is 0 Å². The molecule has 0 aliphatic rings. The first-order chi connectivity index (χ1) is 9.15. The Hall–Kier alpha value is 0.157. The first kappa shape index (κ1) is 19.2. The summed E-state index contributed by atoms with van der Waals surface area (Å²) in [5, 5.41) is 19.0. The largest absolute Gasteiger partial charge is 0.515 e. The number of hydrogen-bond acceptors (Lipinski definition) is 4. The molecule has 0 fully saturated rings. The van der Waals surface area contributed by atoms with Crippen LogP contribution in [0, 0.1) is 0 Å². The van der Waals surface area contributed by atoms with Crippen molar-refractivity contribution < 1.29 is 14.9 Å². The van der Waals surface area contributed by atoms with Crippen LogP contribution < -0.4 is 0 Å². The lowest BCUT2D eigenvalue weighted by Gasteiger charge is -2.13. The maximum Gasteiger partial charge on any atom is 0.131 e. The van der Waals surface area contributed by atoms with Gasteiger partial charge in [0.25, 0.3) is 0 Å². The number of methoxy groups -OCH3 is 1. The number of hydrogen-bond donors (Lipinski definition) is 3. The number of rotatable bonds is 12. The minimum Gasteiger partial charge on any atom is -0.515 e. The molecule has 0 heterocycles. The number of ether oxygens (including phenoxy) is 1. The van der Waals surface area contributed by atoms with Gasteiger partial charge in [-0.25, -0.2) is 0 Å². The summed E-state index contributed by atoms with van der Waals surface area (Å²) in [6, 6.07) is 0. The number of unbranched alkanes of at least 4 members (excludes halogenated alkanes) is 6. The molecule has 0 aromatic carbocycles. The molecule has 19 heavy (non-hydrogen) atoms. The van der Waals surface area contributed by atoms with Crippen molar-refractivity contribution in [2.45, 2.75) is 69.3 Å². The molecule has 1 radical (unpaired) electrons. The van der Waals surface area contributed by atoms with Crippen LogP contribution in [-0.2, 0) is 4.74 Å². The van der Waals surface area contributed by atoms with E-state index in [4.69, 9.17) is 9.84 Å². The summed E-state index contributed by atoms with van der Waals surface area (Å²) in [5.74, 6) is 0. The zero-order valence-electron chi connectivity index (χ0n) is 12.3. The fraction of sp³-hybridized carbons (Fsp3) is 0.929. The lowest BCUT2D eigenvalue weighted by molar-refractivity contribution is 0.0852. The van der Waals surface area contributed by atoms with Crippen LogP contribution in [-0.4, -0.2) is 49.4 Å². The standard InChI is InChI=1S/C14H29O3SSi/c1-3-4-5-6-7-8-9-10-13(18)19-14(16)12(11-15)17-2/h12-13,15-16,18H,3-11H2,1-2H3. The molecule has 3 nitrogen and oxygen atoms in total. The average Bonchev–Trinajstić information content (AvgIpc) is 2.39. The van der Waals surface area contributed by atoms with Gasteiger partial charge in [0.05, 0.1) is 21.1 Å². The molecule has 0 saturated heterocycles. The van der Waals surface area contributed by atoms with E-state index in [9.17, 15) is 5.11 Å². The van der Waals surface area contributed by atoms with Crippen molar-refractivity contribution in [2.75, 3.05) is 13.7 Å². The SMILES string of the molecule is CCCCCCCCCC(S)[Si]=C(O)C(CO)OC. The zero-order valence-corrected chi connectivity index (χ0v) is 14.2. The van der Waals surface area contributed by atoms with Crippen molar-refractivity contribution in [1.29, 1.82) is 0 Å². The van der Waals surface area contributed by atoms with Crippen LogP contribution in [0.3, 0.4) is 0 Å². The summed E-state index contributed by atoms with van der Waals surface area (Å²) in [6.45, 7) is 2.06. The molecule has 2 N–H and O–H groups in total. The van der Waals surface area contributed by atoms with E-state index in [2.05, 4.69) is 19.6 Å². The Morgan fingerprint density at radius 1 is 1.16 bits per heavy atom. The Kier molecular flexibility index (Phi) is 13.3. The summed E-state index contributed by atoms with van der Waals surface area (Å²) in [4.78, 5) is 0.180. The Balaban J connectivity index is 3.68. The average molecular weight is 306 g/mol. The lowest BCUT2D eigenvalue weighted by atomic mass is 10.1. The van der Waals surface area contributed by atoms with Crippen molar-refractivity contribution in [3.8, 4) is 0 Å². The fourth-order valence-electron chi connectivity index (χ4n) is 1.90. The van der Waals surface area contributed by atoms with Gasteiger partial charge in [-0.2, -0.15) is 12.6 Å². The third kappa shape index (κ3) is 10.6. The van der Waals surface area contributed by atoms with Crippen LogP contribution in [0.1, 0.15) is 58.3 Å². The highest BCUT2D eigenvalue weighted by Gasteiger charge is 2.12. The second-order valence-electron chi connectivity index (χ2n) is 4.86. The Morgan fingerprint density at radius 3 is 2.26 bits per heavy atom. The van der Waals surface area contributed by atoms with E-state index in [1.807, 2.05) is 0 Å². The molecule has 0 spiro atoms. The van der Waals surface area contributed by atoms with E-state index in [0.717, 1.165) is 12.8 Å². The highest BCUT2D eigenvalue weighted by Crippen LogP contribution is 2.11. The summed E-state index contributed by atoms with van der Waals surface area (Å²) in [7, 11) is 1.73. The van der Waals surface area contributed by atoms with Crippen molar-refractivity contribution in [3.63, 3.8) is 0 Å². The van der Waals surface area contributed by atoms with E-state index < -0.39 is 6.10 Å². The maximum absolute atomic E-state index is 9.77. The normalized spacial score (nSPS) is 15.5. The molecule has 113 valence electrons. The molecule has 0 rings (SSSR count). The van der Waals surface area contributed by atoms with E-state index in [-0.39, 0.29) is 26.0 Å². The van der Waals surface area contributed by atoms with Crippen LogP contribution in [0.4, 0.5) is 0 Å². The predicted molar refractivity (Wildman–Crippen MR) is 86.0 cm³/mol. The number of aliphatic hydroxyl groups is 2. The second kappa shape index (κ2) is 13.2. The van der Waals surface area contributed by atoms with Gasteiger partial charge in [0.15, 0.2) is 0 Å². The van der Waals surface area contributed by atoms with Crippen molar-refractivity contribution in [1.82, 2.24) is 0 Å². The van der Waals surface area contributed by atoms with Crippen LogP contribution in [0.15, 0.2) is 0 Å². The Morgan fingerprint density at radius 2 is 1.74 bits per heavy atom. The first-order valence-corrected chi connectivity index (χ1v) is 8.89.